The van der Waals surface area contributed by atoms with E-state index in [4.69, 9.17) is 4.74 Å². The average Bonchev–Trinajstić information content (AvgIpc) is 3.26. The van der Waals surface area contributed by atoms with Crippen LogP contribution in [-0.4, -0.2) is 40.1 Å². The van der Waals surface area contributed by atoms with Gasteiger partial charge in [0, 0.05) is 24.0 Å². The highest BCUT2D eigenvalue weighted by atomic mass is 32.2. The first-order valence-electron chi connectivity index (χ1n) is 10.6. The van der Waals surface area contributed by atoms with Crippen molar-refractivity contribution in [3.8, 4) is 17.1 Å². The van der Waals surface area contributed by atoms with Crippen LogP contribution >= 0.6 is 11.8 Å². The number of carbonyl (C=O) groups is 1. The second-order valence-corrected chi connectivity index (χ2v) is 8.15. The molecule has 0 bridgehead atoms. The Hall–Kier alpha value is -3.32. The molecule has 0 unspecified atom stereocenters. The number of amides is 1. The van der Waals surface area contributed by atoms with Gasteiger partial charge in [0.1, 0.15) is 5.75 Å². The number of hydrogen-bond acceptors (Lipinski definition) is 5. The van der Waals surface area contributed by atoms with Crippen molar-refractivity contribution in [1.29, 1.82) is 0 Å². The van der Waals surface area contributed by atoms with E-state index < -0.39 is 0 Å². The zero-order valence-electron chi connectivity index (χ0n) is 18.5. The van der Waals surface area contributed by atoms with Gasteiger partial charge in [-0.1, -0.05) is 48.2 Å². The summed E-state index contributed by atoms with van der Waals surface area (Å²) in [6.45, 7) is 5.37. The molecule has 0 N–H and O–H groups in total. The zero-order chi connectivity index (χ0) is 22.5. The lowest BCUT2D eigenvalue weighted by Crippen LogP contribution is -2.32. The van der Waals surface area contributed by atoms with Crippen LogP contribution in [0.1, 0.15) is 13.8 Å². The Labute approximate surface area is 192 Å². The van der Waals surface area contributed by atoms with E-state index in [2.05, 4.69) is 35.3 Å². The number of methoxy groups -OCH3 is 1. The zero-order valence-corrected chi connectivity index (χ0v) is 19.3. The average molecular weight is 447 g/mol. The minimum atomic E-state index is 0.0468. The number of hydrogen-bond donors (Lipinski definition) is 0. The van der Waals surface area contributed by atoms with Crippen LogP contribution in [0.4, 0.5) is 5.69 Å². The molecule has 6 nitrogen and oxygen atoms in total. The highest BCUT2D eigenvalue weighted by Gasteiger charge is 2.19. The first kappa shape index (κ1) is 21.9. The smallest absolute Gasteiger partial charge is 0.237 e. The summed E-state index contributed by atoms with van der Waals surface area (Å²) in [7, 11) is 1.65. The summed E-state index contributed by atoms with van der Waals surface area (Å²) in [5.41, 5.74) is 1.90. The number of thioether (sulfide) groups is 1. The minimum absolute atomic E-state index is 0.0468. The van der Waals surface area contributed by atoms with E-state index in [0.717, 1.165) is 38.8 Å². The van der Waals surface area contributed by atoms with E-state index in [9.17, 15) is 4.79 Å². The predicted molar refractivity (Wildman–Crippen MR) is 130 cm³/mol. The summed E-state index contributed by atoms with van der Waals surface area (Å²) in [4.78, 5) is 15.0. The van der Waals surface area contributed by atoms with Crippen molar-refractivity contribution in [3.63, 3.8) is 0 Å². The first-order valence-corrected chi connectivity index (χ1v) is 11.6. The highest BCUT2D eigenvalue weighted by Crippen LogP contribution is 2.29. The summed E-state index contributed by atoms with van der Waals surface area (Å²) < 4.78 is 7.27. The Morgan fingerprint density at radius 2 is 1.75 bits per heavy atom. The number of rotatable bonds is 8. The summed E-state index contributed by atoms with van der Waals surface area (Å²) in [6.07, 6.45) is 0. The molecule has 4 rings (SSSR count). The van der Waals surface area contributed by atoms with E-state index >= 15 is 0 Å². The fraction of sp³-hybridized carbons (Fsp3) is 0.240. The molecule has 4 aromatic rings. The molecule has 0 atom stereocenters. The number of nitrogens with zero attached hydrogens (tertiary/aromatic N) is 4. The number of benzene rings is 3. The maximum atomic E-state index is 13.2. The number of fused-ring (bicyclic) bond motifs is 1. The predicted octanol–water partition coefficient (Wildman–Crippen LogP) is 5.27. The van der Waals surface area contributed by atoms with Crippen molar-refractivity contribution in [2.24, 2.45) is 0 Å². The van der Waals surface area contributed by atoms with Gasteiger partial charge in [0.05, 0.1) is 18.6 Å². The van der Waals surface area contributed by atoms with Gasteiger partial charge in [-0.15, -0.1) is 10.2 Å². The topological polar surface area (TPSA) is 60.3 Å². The van der Waals surface area contributed by atoms with Gasteiger partial charge >= 0.3 is 0 Å². The molecular weight excluding hydrogens is 420 g/mol. The molecule has 0 aliphatic rings. The highest BCUT2D eigenvalue weighted by molar-refractivity contribution is 7.99. The number of anilines is 1. The van der Waals surface area contributed by atoms with Crippen LogP contribution < -0.4 is 9.64 Å². The Morgan fingerprint density at radius 3 is 2.47 bits per heavy atom. The largest absolute Gasteiger partial charge is 0.497 e. The van der Waals surface area contributed by atoms with Crippen molar-refractivity contribution < 1.29 is 9.53 Å². The SMILES string of the molecule is CCN(C(=O)CSc1nnc(-c2ccc(OC)cc2)n1CC)c1cccc2ccccc12. The van der Waals surface area contributed by atoms with Crippen molar-refractivity contribution >= 4 is 34.1 Å². The van der Waals surface area contributed by atoms with Crippen LogP contribution in [0.25, 0.3) is 22.2 Å². The quantitative estimate of drug-likeness (QED) is 0.345. The molecule has 1 aromatic heterocycles. The lowest BCUT2D eigenvalue weighted by molar-refractivity contribution is -0.116. The molecular formula is C25H26N4O2S. The fourth-order valence-corrected chi connectivity index (χ4v) is 4.64. The second-order valence-electron chi connectivity index (χ2n) is 7.20. The first-order chi connectivity index (χ1) is 15.7. The van der Waals surface area contributed by atoms with Crippen LogP contribution in [0.5, 0.6) is 5.75 Å². The summed E-state index contributed by atoms with van der Waals surface area (Å²) >= 11 is 1.42. The second kappa shape index (κ2) is 9.87. The lowest BCUT2D eigenvalue weighted by atomic mass is 10.1. The summed E-state index contributed by atoms with van der Waals surface area (Å²) in [5.74, 6) is 1.92. The standard InChI is InChI=1S/C25H26N4O2S/c1-4-28(22-12-8-10-18-9-6-7-11-21(18)22)23(30)17-32-25-27-26-24(29(25)5-2)19-13-15-20(31-3)16-14-19/h6-16H,4-5,17H2,1-3H3. The Bertz CT molecular complexity index is 1220. The molecule has 0 spiro atoms. The molecule has 1 heterocycles. The summed E-state index contributed by atoms with van der Waals surface area (Å²) in [6, 6.07) is 22.0. The number of carbonyl (C=O) groups excluding carboxylic acids is 1. The van der Waals surface area contributed by atoms with Gasteiger partial charge < -0.3 is 14.2 Å². The van der Waals surface area contributed by atoms with E-state index in [1.165, 1.54) is 11.8 Å². The van der Waals surface area contributed by atoms with Crippen LogP contribution in [0.3, 0.4) is 0 Å². The van der Waals surface area contributed by atoms with Crippen LogP contribution in [0.2, 0.25) is 0 Å². The van der Waals surface area contributed by atoms with Gasteiger partial charge in [-0.05, 0) is 49.6 Å². The Morgan fingerprint density at radius 1 is 1.00 bits per heavy atom. The molecule has 0 radical (unpaired) electrons. The normalized spacial score (nSPS) is 11.0. The van der Waals surface area contributed by atoms with Gasteiger partial charge in [-0.25, -0.2) is 0 Å². The van der Waals surface area contributed by atoms with Crippen LogP contribution in [0, 0.1) is 0 Å². The van der Waals surface area contributed by atoms with Gasteiger partial charge in [0.15, 0.2) is 11.0 Å². The number of ether oxygens (including phenoxy) is 1. The molecule has 0 saturated heterocycles. The maximum absolute atomic E-state index is 13.2. The Kier molecular flexibility index (Phi) is 6.75. The fourth-order valence-electron chi connectivity index (χ4n) is 3.76. The van der Waals surface area contributed by atoms with E-state index in [1.807, 2.05) is 64.9 Å². The van der Waals surface area contributed by atoms with Crippen molar-refractivity contribution in [1.82, 2.24) is 14.8 Å². The summed E-state index contributed by atoms with van der Waals surface area (Å²) in [5, 5.41) is 11.7. The third kappa shape index (κ3) is 4.34. The molecule has 3 aromatic carbocycles. The van der Waals surface area contributed by atoms with Crippen molar-refractivity contribution in [3.05, 3.63) is 66.7 Å². The molecule has 0 aliphatic carbocycles. The van der Waals surface area contributed by atoms with E-state index in [0.29, 0.717) is 13.1 Å². The van der Waals surface area contributed by atoms with Gasteiger partial charge in [0.2, 0.25) is 5.91 Å². The van der Waals surface area contributed by atoms with Gasteiger partial charge in [-0.2, -0.15) is 0 Å². The van der Waals surface area contributed by atoms with Gasteiger partial charge in [-0.3, -0.25) is 4.79 Å². The molecule has 164 valence electrons. The van der Waals surface area contributed by atoms with Crippen molar-refractivity contribution in [2.45, 2.75) is 25.5 Å². The van der Waals surface area contributed by atoms with E-state index in [-0.39, 0.29) is 11.7 Å². The minimum Gasteiger partial charge on any atom is -0.497 e. The molecule has 0 aliphatic heterocycles. The molecule has 7 heteroatoms. The third-order valence-electron chi connectivity index (χ3n) is 5.38. The van der Waals surface area contributed by atoms with Crippen molar-refractivity contribution in [2.75, 3.05) is 24.3 Å². The molecule has 32 heavy (non-hydrogen) atoms. The van der Waals surface area contributed by atoms with Crippen LogP contribution in [-0.2, 0) is 11.3 Å². The molecule has 0 fully saturated rings. The molecule has 1 amide bonds. The molecule has 0 saturated carbocycles. The maximum Gasteiger partial charge on any atom is 0.237 e. The van der Waals surface area contributed by atoms with Crippen LogP contribution in [0.15, 0.2) is 71.9 Å². The number of aromatic nitrogens is 3. The third-order valence-corrected chi connectivity index (χ3v) is 6.33. The van der Waals surface area contributed by atoms with E-state index in [1.54, 1.807) is 7.11 Å². The van der Waals surface area contributed by atoms with Gasteiger partial charge in [0.25, 0.3) is 0 Å². The Balaban J connectivity index is 1.53. The lowest BCUT2D eigenvalue weighted by Gasteiger charge is -2.22. The monoisotopic (exact) mass is 446 g/mol.